The van der Waals surface area contributed by atoms with Crippen LogP contribution in [-0.4, -0.2) is 16.1 Å². The molecule has 0 aliphatic heterocycles. The van der Waals surface area contributed by atoms with E-state index in [0.29, 0.717) is 22.0 Å². The molecule has 0 amide bonds. The van der Waals surface area contributed by atoms with Gasteiger partial charge < -0.3 is 10.8 Å². The number of rotatable bonds is 4. The first-order chi connectivity index (χ1) is 6.86. The molecule has 1 rings (SSSR count). The molecule has 0 aliphatic rings. The molecule has 1 aromatic rings. The van der Waals surface area contributed by atoms with Crippen molar-refractivity contribution in [3.63, 3.8) is 0 Å². The Morgan fingerprint density at radius 3 is 2.60 bits per heavy atom. The standard InChI is InChI=1S/C10H16N2O2S/c1-4-5-6-7(8(13)14)15-9(12-6)10(2,3)11/h4-5,11H2,1-3H3,(H,13,14). The lowest BCUT2D eigenvalue weighted by Crippen LogP contribution is -2.28. The molecule has 4 nitrogen and oxygen atoms in total. The van der Waals surface area contributed by atoms with E-state index < -0.39 is 11.5 Å². The zero-order valence-electron chi connectivity index (χ0n) is 9.20. The Morgan fingerprint density at radius 1 is 1.60 bits per heavy atom. The number of aryl methyl sites for hydroxylation is 1. The van der Waals surface area contributed by atoms with Crippen LogP contribution in [0.25, 0.3) is 0 Å². The Kier molecular flexibility index (Phi) is 3.46. The molecule has 0 aliphatic carbocycles. The van der Waals surface area contributed by atoms with Crippen molar-refractivity contribution in [1.82, 2.24) is 4.98 Å². The van der Waals surface area contributed by atoms with Gasteiger partial charge in [-0.05, 0) is 20.3 Å². The highest BCUT2D eigenvalue weighted by molar-refractivity contribution is 7.13. The van der Waals surface area contributed by atoms with Gasteiger partial charge in [0.15, 0.2) is 0 Å². The van der Waals surface area contributed by atoms with E-state index in [1.54, 1.807) is 0 Å². The summed E-state index contributed by atoms with van der Waals surface area (Å²) in [6.07, 6.45) is 1.57. The van der Waals surface area contributed by atoms with E-state index in [0.717, 1.165) is 6.42 Å². The fourth-order valence-electron chi connectivity index (χ4n) is 1.20. The van der Waals surface area contributed by atoms with Crippen LogP contribution in [-0.2, 0) is 12.0 Å². The van der Waals surface area contributed by atoms with Crippen molar-refractivity contribution >= 4 is 17.3 Å². The second kappa shape index (κ2) is 4.28. The molecular weight excluding hydrogens is 212 g/mol. The van der Waals surface area contributed by atoms with Gasteiger partial charge in [-0.2, -0.15) is 0 Å². The fourth-order valence-corrected chi connectivity index (χ4v) is 2.17. The maximum Gasteiger partial charge on any atom is 0.347 e. The number of carbonyl (C=O) groups is 1. The van der Waals surface area contributed by atoms with E-state index in [4.69, 9.17) is 10.8 Å². The lowest BCUT2D eigenvalue weighted by atomic mass is 10.1. The van der Waals surface area contributed by atoms with Crippen molar-refractivity contribution in [2.45, 2.75) is 39.2 Å². The molecule has 0 fully saturated rings. The molecule has 0 unspecified atom stereocenters. The predicted octanol–water partition coefficient (Wildman–Crippen LogP) is 1.99. The van der Waals surface area contributed by atoms with E-state index in [-0.39, 0.29) is 0 Å². The topological polar surface area (TPSA) is 76.2 Å². The SMILES string of the molecule is CCCc1nc(C(C)(C)N)sc1C(=O)O. The summed E-state index contributed by atoms with van der Waals surface area (Å²) in [6.45, 7) is 5.65. The van der Waals surface area contributed by atoms with Gasteiger partial charge in [-0.1, -0.05) is 13.3 Å². The van der Waals surface area contributed by atoms with Crippen molar-refractivity contribution < 1.29 is 9.90 Å². The van der Waals surface area contributed by atoms with Gasteiger partial charge in [0.25, 0.3) is 0 Å². The van der Waals surface area contributed by atoms with Crippen LogP contribution in [0.5, 0.6) is 0 Å². The Labute approximate surface area is 93.1 Å². The van der Waals surface area contributed by atoms with Crippen LogP contribution in [0, 0.1) is 0 Å². The van der Waals surface area contributed by atoms with Gasteiger partial charge in [-0.15, -0.1) is 11.3 Å². The summed E-state index contributed by atoms with van der Waals surface area (Å²) in [5.41, 5.74) is 5.98. The van der Waals surface area contributed by atoms with Crippen LogP contribution >= 0.6 is 11.3 Å². The van der Waals surface area contributed by atoms with Crippen LogP contribution < -0.4 is 5.73 Å². The molecule has 84 valence electrons. The van der Waals surface area contributed by atoms with Crippen LogP contribution in [0.2, 0.25) is 0 Å². The van der Waals surface area contributed by atoms with Crippen LogP contribution in [0.15, 0.2) is 0 Å². The normalized spacial score (nSPS) is 11.7. The summed E-state index contributed by atoms with van der Waals surface area (Å²) in [7, 11) is 0. The molecular formula is C10H16N2O2S. The molecule has 0 atom stereocenters. The highest BCUT2D eigenvalue weighted by Crippen LogP contribution is 2.26. The summed E-state index contributed by atoms with van der Waals surface area (Å²) in [4.78, 5) is 15.6. The number of carboxylic acid groups (broad SMARTS) is 1. The average molecular weight is 228 g/mol. The van der Waals surface area contributed by atoms with Crippen molar-refractivity contribution in [1.29, 1.82) is 0 Å². The van der Waals surface area contributed by atoms with E-state index in [2.05, 4.69) is 4.98 Å². The number of carboxylic acids is 1. The van der Waals surface area contributed by atoms with Crippen molar-refractivity contribution in [3.8, 4) is 0 Å². The molecule has 0 saturated carbocycles. The summed E-state index contributed by atoms with van der Waals surface area (Å²) in [6, 6.07) is 0. The second-order valence-electron chi connectivity index (χ2n) is 4.07. The zero-order valence-corrected chi connectivity index (χ0v) is 10.0. The third-order valence-corrected chi connectivity index (χ3v) is 3.35. The third kappa shape index (κ3) is 2.76. The van der Waals surface area contributed by atoms with Crippen LogP contribution in [0.3, 0.4) is 0 Å². The van der Waals surface area contributed by atoms with E-state index in [9.17, 15) is 4.79 Å². The van der Waals surface area contributed by atoms with Crippen molar-refractivity contribution in [2.24, 2.45) is 5.73 Å². The predicted molar refractivity (Wildman–Crippen MR) is 60.3 cm³/mol. The molecule has 0 spiro atoms. The Bertz CT molecular complexity index is 366. The van der Waals surface area contributed by atoms with Crippen molar-refractivity contribution in [2.75, 3.05) is 0 Å². The molecule has 0 saturated heterocycles. The summed E-state index contributed by atoms with van der Waals surface area (Å²) in [5, 5.41) is 9.68. The highest BCUT2D eigenvalue weighted by Gasteiger charge is 2.24. The number of aromatic carboxylic acids is 1. The Morgan fingerprint density at radius 2 is 2.20 bits per heavy atom. The number of aromatic nitrogens is 1. The number of hydrogen-bond donors (Lipinski definition) is 2. The third-order valence-electron chi connectivity index (χ3n) is 1.93. The minimum atomic E-state index is -0.911. The summed E-state index contributed by atoms with van der Waals surface area (Å²) >= 11 is 1.18. The van der Waals surface area contributed by atoms with Gasteiger partial charge in [0.1, 0.15) is 9.88 Å². The molecule has 0 aromatic carbocycles. The van der Waals surface area contributed by atoms with E-state index >= 15 is 0 Å². The van der Waals surface area contributed by atoms with Crippen LogP contribution in [0.4, 0.5) is 0 Å². The van der Waals surface area contributed by atoms with Gasteiger partial charge in [0.05, 0.1) is 11.2 Å². The lowest BCUT2D eigenvalue weighted by Gasteiger charge is -2.13. The van der Waals surface area contributed by atoms with Gasteiger partial charge in [0, 0.05) is 0 Å². The van der Waals surface area contributed by atoms with Crippen LogP contribution in [0.1, 0.15) is 47.6 Å². The maximum atomic E-state index is 11.0. The summed E-state index contributed by atoms with van der Waals surface area (Å²) in [5.74, 6) is -0.911. The monoisotopic (exact) mass is 228 g/mol. The Balaban J connectivity index is 3.15. The smallest absolute Gasteiger partial charge is 0.347 e. The summed E-state index contributed by atoms with van der Waals surface area (Å²) < 4.78 is 0. The number of nitrogens with two attached hydrogens (primary N) is 1. The number of nitrogens with zero attached hydrogens (tertiary/aromatic N) is 1. The first kappa shape index (κ1) is 12.1. The average Bonchev–Trinajstić information content (AvgIpc) is 2.48. The maximum absolute atomic E-state index is 11.0. The number of hydrogen-bond acceptors (Lipinski definition) is 4. The molecule has 1 heterocycles. The minimum Gasteiger partial charge on any atom is -0.477 e. The van der Waals surface area contributed by atoms with Gasteiger partial charge in [0.2, 0.25) is 0 Å². The first-order valence-electron chi connectivity index (χ1n) is 4.88. The molecule has 0 bridgehead atoms. The zero-order chi connectivity index (χ0) is 11.6. The molecule has 3 N–H and O–H groups in total. The molecule has 15 heavy (non-hydrogen) atoms. The van der Waals surface area contributed by atoms with Crippen molar-refractivity contribution in [3.05, 3.63) is 15.6 Å². The van der Waals surface area contributed by atoms with Gasteiger partial charge in [-0.25, -0.2) is 9.78 Å². The lowest BCUT2D eigenvalue weighted by molar-refractivity contribution is 0.0700. The van der Waals surface area contributed by atoms with E-state index in [1.807, 2.05) is 20.8 Å². The minimum absolute atomic E-state index is 0.324. The first-order valence-corrected chi connectivity index (χ1v) is 5.70. The van der Waals surface area contributed by atoms with Gasteiger partial charge in [-0.3, -0.25) is 0 Å². The highest BCUT2D eigenvalue weighted by atomic mass is 32.1. The van der Waals surface area contributed by atoms with E-state index in [1.165, 1.54) is 11.3 Å². The Hall–Kier alpha value is -0.940. The number of thiazole rings is 1. The quantitative estimate of drug-likeness (QED) is 0.826. The fraction of sp³-hybridized carbons (Fsp3) is 0.600. The second-order valence-corrected chi connectivity index (χ2v) is 5.07. The molecule has 1 aromatic heterocycles. The molecule has 0 radical (unpaired) electrons. The largest absolute Gasteiger partial charge is 0.477 e. The molecule has 5 heteroatoms. The van der Waals surface area contributed by atoms with Gasteiger partial charge >= 0.3 is 5.97 Å².